The summed E-state index contributed by atoms with van der Waals surface area (Å²) in [5, 5.41) is 0. The Balaban J connectivity index is 1.80. The van der Waals surface area contributed by atoms with Crippen molar-refractivity contribution in [2.75, 3.05) is 6.61 Å². The number of hydrogen-bond acceptors (Lipinski definition) is 3. The van der Waals surface area contributed by atoms with Crippen LogP contribution in [0.3, 0.4) is 0 Å². The number of nitrogens with two attached hydrogens (primary N) is 1. The summed E-state index contributed by atoms with van der Waals surface area (Å²) in [6.45, 7) is 0.916. The Morgan fingerprint density at radius 3 is 3.12 bits per heavy atom. The van der Waals surface area contributed by atoms with Crippen LogP contribution < -0.4 is 5.73 Å². The van der Waals surface area contributed by atoms with Gasteiger partial charge in [0, 0.05) is 38.2 Å². The van der Waals surface area contributed by atoms with Crippen LogP contribution in [0.15, 0.2) is 0 Å². The van der Waals surface area contributed by atoms with Crippen LogP contribution in [0.2, 0.25) is 0 Å². The van der Waals surface area contributed by atoms with Gasteiger partial charge in [0.25, 0.3) is 0 Å². The van der Waals surface area contributed by atoms with E-state index in [1.54, 1.807) is 0 Å². The van der Waals surface area contributed by atoms with E-state index in [1.165, 1.54) is 30.1 Å². The van der Waals surface area contributed by atoms with Crippen LogP contribution in [0, 0.1) is 0 Å². The summed E-state index contributed by atoms with van der Waals surface area (Å²) in [6, 6.07) is 0.299. The van der Waals surface area contributed by atoms with Crippen molar-refractivity contribution >= 4 is 0 Å². The molecule has 1 aliphatic heterocycles. The molecule has 1 fully saturated rings. The lowest BCUT2D eigenvalue weighted by Gasteiger charge is -2.17. The van der Waals surface area contributed by atoms with Gasteiger partial charge < -0.3 is 15.0 Å². The van der Waals surface area contributed by atoms with E-state index in [-0.39, 0.29) is 0 Å². The predicted octanol–water partition coefficient (Wildman–Crippen LogP) is 0.958. The van der Waals surface area contributed by atoms with E-state index >= 15 is 0 Å². The summed E-state index contributed by atoms with van der Waals surface area (Å²) in [7, 11) is 2.13. The highest BCUT2D eigenvalue weighted by Gasteiger charge is 2.24. The molecule has 0 amide bonds. The van der Waals surface area contributed by atoms with Gasteiger partial charge in [0.2, 0.25) is 0 Å². The van der Waals surface area contributed by atoms with Gasteiger partial charge in [0.15, 0.2) is 0 Å². The predicted molar refractivity (Wildman–Crippen MR) is 65.9 cm³/mol. The maximum Gasteiger partial charge on any atom is 0.111 e. The van der Waals surface area contributed by atoms with Gasteiger partial charge in [-0.25, -0.2) is 4.98 Å². The molecular formula is C13H21N3O. The summed E-state index contributed by atoms with van der Waals surface area (Å²) in [4.78, 5) is 4.77. The quantitative estimate of drug-likeness (QED) is 0.830. The molecule has 0 radical (unpaired) electrons. The first-order valence-electron chi connectivity index (χ1n) is 6.64. The molecule has 2 N–H and O–H groups in total. The number of fused-ring (bicyclic) bond motifs is 1. The van der Waals surface area contributed by atoms with Crippen molar-refractivity contribution in [2.45, 2.75) is 50.7 Å². The Kier molecular flexibility index (Phi) is 2.92. The lowest BCUT2D eigenvalue weighted by atomic mass is 9.97. The second kappa shape index (κ2) is 4.42. The zero-order valence-corrected chi connectivity index (χ0v) is 10.5. The third-order valence-corrected chi connectivity index (χ3v) is 4.03. The molecule has 1 aliphatic carbocycles. The zero-order chi connectivity index (χ0) is 11.8. The van der Waals surface area contributed by atoms with Crippen LogP contribution in [-0.2, 0) is 31.0 Å². The second-order valence-corrected chi connectivity index (χ2v) is 5.32. The molecule has 17 heavy (non-hydrogen) atoms. The SMILES string of the molecule is Cn1c(CC2CCCO2)nc2c1CCC(N)C2. The molecule has 0 bridgehead atoms. The van der Waals surface area contributed by atoms with Crippen LogP contribution in [0.5, 0.6) is 0 Å². The summed E-state index contributed by atoms with van der Waals surface area (Å²) >= 11 is 0. The minimum Gasteiger partial charge on any atom is -0.378 e. The van der Waals surface area contributed by atoms with Crippen LogP contribution in [-0.4, -0.2) is 28.3 Å². The first-order valence-corrected chi connectivity index (χ1v) is 6.64. The molecular weight excluding hydrogens is 214 g/mol. The third-order valence-electron chi connectivity index (χ3n) is 4.03. The van der Waals surface area contributed by atoms with Gasteiger partial charge in [-0.05, 0) is 25.7 Å². The fraction of sp³-hybridized carbons (Fsp3) is 0.769. The number of nitrogens with zero attached hydrogens (tertiary/aromatic N) is 2. The van der Waals surface area contributed by atoms with Crippen molar-refractivity contribution in [3.8, 4) is 0 Å². The molecule has 1 saturated heterocycles. The van der Waals surface area contributed by atoms with Gasteiger partial charge in [-0.1, -0.05) is 0 Å². The summed E-state index contributed by atoms with van der Waals surface area (Å²) in [5.74, 6) is 1.18. The Morgan fingerprint density at radius 1 is 1.47 bits per heavy atom. The Morgan fingerprint density at radius 2 is 2.35 bits per heavy atom. The Labute approximate surface area is 102 Å². The first kappa shape index (κ1) is 11.2. The molecule has 1 aromatic heterocycles. The minimum absolute atomic E-state index is 0.299. The average Bonchev–Trinajstić information content (AvgIpc) is 2.89. The van der Waals surface area contributed by atoms with Gasteiger partial charge in [0.1, 0.15) is 5.82 Å². The van der Waals surface area contributed by atoms with E-state index in [0.717, 1.165) is 32.3 Å². The lowest BCUT2D eigenvalue weighted by molar-refractivity contribution is 0.109. The van der Waals surface area contributed by atoms with Gasteiger partial charge in [-0.3, -0.25) is 0 Å². The number of ether oxygens (including phenoxy) is 1. The van der Waals surface area contributed by atoms with Gasteiger partial charge in [0.05, 0.1) is 11.8 Å². The summed E-state index contributed by atoms with van der Waals surface area (Å²) in [6.07, 6.45) is 6.81. The fourth-order valence-electron chi connectivity index (χ4n) is 2.98. The van der Waals surface area contributed by atoms with Crippen molar-refractivity contribution < 1.29 is 4.74 Å². The zero-order valence-electron chi connectivity index (χ0n) is 10.5. The van der Waals surface area contributed by atoms with Crippen LogP contribution in [0.1, 0.15) is 36.5 Å². The smallest absolute Gasteiger partial charge is 0.111 e. The number of hydrogen-bond donors (Lipinski definition) is 1. The topological polar surface area (TPSA) is 53.1 Å². The molecule has 4 nitrogen and oxygen atoms in total. The molecule has 0 spiro atoms. The van der Waals surface area contributed by atoms with E-state index in [0.29, 0.717) is 12.1 Å². The minimum atomic E-state index is 0.299. The third kappa shape index (κ3) is 2.11. The van der Waals surface area contributed by atoms with Gasteiger partial charge in [-0.2, -0.15) is 0 Å². The summed E-state index contributed by atoms with van der Waals surface area (Å²) < 4.78 is 7.95. The van der Waals surface area contributed by atoms with E-state index in [4.69, 9.17) is 15.5 Å². The Bertz CT molecular complexity index is 407. The molecule has 94 valence electrons. The van der Waals surface area contributed by atoms with Gasteiger partial charge in [-0.15, -0.1) is 0 Å². The molecule has 2 atom stereocenters. The molecule has 2 aliphatic rings. The van der Waals surface area contributed by atoms with Crippen LogP contribution in [0.4, 0.5) is 0 Å². The van der Waals surface area contributed by atoms with Crippen molar-refractivity contribution in [3.63, 3.8) is 0 Å². The highest BCUT2D eigenvalue weighted by atomic mass is 16.5. The standard InChI is InChI=1S/C13H21N3O/c1-16-12-5-4-9(14)7-11(12)15-13(16)8-10-3-2-6-17-10/h9-10H,2-8,14H2,1H3. The average molecular weight is 235 g/mol. The maximum absolute atomic E-state index is 6.00. The summed E-state index contributed by atoms with van der Waals surface area (Å²) in [5.41, 5.74) is 8.61. The van der Waals surface area contributed by atoms with E-state index in [9.17, 15) is 0 Å². The lowest BCUT2D eigenvalue weighted by Crippen LogP contribution is -2.28. The van der Waals surface area contributed by atoms with E-state index < -0.39 is 0 Å². The Hall–Kier alpha value is -0.870. The van der Waals surface area contributed by atoms with Crippen LogP contribution >= 0.6 is 0 Å². The van der Waals surface area contributed by atoms with Crippen LogP contribution in [0.25, 0.3) is 0 Å². The second-order valence-electron chi connectivity index (χ2n) is 5.32. The highest BCUT2D eigenvalue weighted by Crippen LogP contribution is 2.23. The fourth-order valence-corrected chi connectivity index (χ4v) is 2.98. The molecule has 2 heterocycles. The molecule has 0 aromatic carbocycles. The molecule has 3 rings (SSSR count). The van der Waals surface area contributed by atoms with Crippen molar-refractivity contribution in [1.29, 1.82) is 0 Å². The van der Waals surface area contributed by atoms with Crippen molar-refractivity contribution in [1.82, 2.24) is 9.55 Å². The number of rotatable bonds is 2. The monoisotopic (exact) mass is 235 g/mol. The molecule has 2 unspecified atom stereocenters. The van der Waals surface area contributed by atoms with Gasteiger partial charge >= 0.3 is 0 Å². The molecule has 4 heteroatoms. The van der Waals surface area contributed by atoms with E-state index in [1.807, 2.05) is 0 Å². The molecule has 0 saturated carbocycles. The first-order chi connectivity index (χ1) is 8.24. The van der Waals surface area contributed by atoms with E-state index in [2.05, 4.69) is 11.6 Å². The van der Waals surface area contributed by atoms with Crippen molar-refractivity contribution in [3.05, 3.63) is 17.2 Å². The number of aromatic nitrogens is 2. The molecule has 1 aromatic rings. The normalized spacial score (nSPS) is 28.4. The largest absolute Gasteiger partial charge is 0.378 e. The number of imidazole rings is 1. The highest BCUT2D eigenvalue weighted by molar-refractivity contribution is 5.22. The maximum atomic E-state index is 6.00. The van der Waals surface area contributed by atoms with Crippen molar-refractivity contribution in [2.24, 2.45) is 12.8 Å².